The van der Waals surface area contributed by atoms with Gasteiger partial charge in [0.2, 0.25) is 5.79 Å². The minimum absolute atomic E-state index is 0.00306. The highest BCUT2D eigenvalue weighted by Crippen LogP contribution is 2.62. The van der Waals surface area contributed by atoms with Crippen LogP contribution in [0.15, 0.2) is 6.07 Å². The molecular formula is C17H20O5. The predicted molar refractivity (Wildman–Crippen MR) is 78.4 cm³/mol. The van der Waals surface area contributed by atoms with Crippen LogP contribution in [-0.4, -0.2) is 27.9 Å². The Hall–Kier alpha value is -1.75. The molecule has 0 spiro atoms. The van der Waals surface area contributed by atoms with E-state index in [1.807, 2.05) is 13.8 Å². The predicted octanol–water partition coefficient (Wildman–Crippen LogP) is 3.08. The second-order valence-corrected chi connectivity index (χ2v) is 7.27. The highest BCUT2D eigenvalue weighted by atomic mass is 16.7. The van der Waals surface area contributed by atoms with E-state index >= 15 is 0 Å². The molecule has 2 aliphatic heterocycles. The Morgan fingerprint density at radius 3 is 2.82 bits per heavy atom. The maximum atomic E-state index is 11.4. The van der Waals surface area contributed by atoms with Gasteiger partial charge in [0, 0.05) is 29.9 Å². The van der Waals surface area contributed by atoms with Crippen LogP contribution in [0.3, 0.4) is 0 Å². The van der Waals surface area contributed by atoms with Crippen molar-refractivity contribution in [3.8, 4) is 17.2 Å². The first-order valence-electron chi connectivity index (χ1n) is 7.80. The van der Waals surface area contributed by atoms with Gasteiger partial charge in [0.05, 0.1) is 11.2 Å². The van der Waals surface area contributed by atoms with Crippen LogP contribution in [0.2, 0.25) is 0 Å². The number of ether oxygens (including phenoxy) is 2. The van der Waals surface area contributed by atoms with Gasteiger partial charge in [-0.05, 0) is 33.1 Å². The lowest BCUT2D eigenvalue weighted by Gasteiger charge is -2.48. The first-order valence-corrected chi connectivity index (χ1v) is 7.80. The number of hydrogen-bond acceptors (Lipinski definition) is 5. The van der Waals surface area contributed by atoms with Crippen LogP contribution in [0, 0.1) is 5.92 Å². The van der Waals surface area contributed by atoms with Gasteiger partial charge in [-0.3, -0.25) is 4.79 Å². The third-order valence-corrected chi connectivity index (χ3v) is 5.33. The van der Waals surface area contributed by atoms with Gasteiger partial charge in [-0.2, -0.15) is 0 Å². The van der Waals surface area contributed by atoms with Gasteiger partial charge in [-0.25, -0.2) is 0 Å². The van der Waals surface area contributed by atoms with E-state index in [9.17, 15) is 15.0 Å². The lowest BCUT2D eigenvalue weighted by Crippen LogP contribution is -2.50. The molecule has 2 N–H and O–H groups in total. The molecular weight excluding hydrogens is 284 g/mol. The SMILES string of the molecule is CC1(C)CC2C3CCCC2(Oc2c(C=O)c(O)cc(O)c23)O1. The van der Waals surface area contributed by atoms with Crippen LogP contribution in [0.1, 0.15) is 61.4 Å². The third kappa shape index (κ3) is 1.66. The summed E-state index contributed by atoms with van der Waals surface area (Å²) in [5, 5.41) is 20.3. The van der Waals surface area contributed by atoms with Gasteiger partial charge in [0.25, 0.3) is 0 Å². The molecule has 0 radical (unpaired) electrons. The summed E-state index contributed by atoms with van der Waals surface area (Å²) in [4.78, 5) is 11.4. The molecule has 5 nitrogen and oxygen atoms in total. The van der Waals surface area contributed by atoms with Gasteiger partial charge in [0.1, 0.15) is 17.2 Å². The van der Waals surface area contributed by atoms with Crippen LogP contribution < -0.4 is 4.74 Å². The van der Waals surface area contributed by atoms with Crippen LogP contribution >= 0.6 is 0 Å². The van der Waals surface area contributed by atoms with Crippen molar-refractivity contribution in [2.24, 2.45) is 5.92 Å². The largest absolute Gasteiger partial charge is 0.507 e. The van der Waals surface area contributed by atoms with Crippen LogP contribution in [0.25, 0.3) is 0 Å². The normalized spacial score (nSPS) is 34.5. The average Bonchev–Trinajstić information content (AvgIpc) is 2.68. The van der Waals surface area contributed by atoms with Crippen LogP contribution in [0.4, 0.5) is 0 Å². The summed E-state index contributed by atoms with van der Waals surface area (Å²) in [6.07, 6.45) is 4.09. The molecule has 0 aromatic heterocycles. The number of carbonyl (C=O) groups excluding carboxylic acids is 1. The molecule has 3 unspecified atom stereocenters. The number of benzene rings is 1. The molecule has 1 saturated heterocycles. The summed E-state index contributed by atoms with van der Waals surface area (Å²) < 4.78 is 12.4. The fourth-order valence-electron chi connectivity index (χ4n) is 4.64. The fourth-order valence-corrected chi connectivity index (χ4v) is 4.64. The maximum absolute atomic E-state index is 11.4. The van der Waals surface area contributed by atoms with E-state index in [2.05, 4.69) is 0 Å². The number of aldehydes is 1. The van der Waals surface area contributed by atoms with E-state index in [1.165, 1.54) is 6.07 Å². The van der Waals surface area contributed by atoms with Crippen molar-refractivity contribution in [2.75, 3.05) is 0 Å². The number of hydrogen-bond donors (Lipinski definition) is 2. The van der Waals surface area contributed by atoms with Crippen molar-refractivity contribution in [1.29, 1.82) is 0 Å². The number of rotatable bonds is 1. The first-order chi connectivity index (χ1) is 10.4. The van der Waals surface area contributed by atoms with Gasteiger partial charge in [-0.15, -0.1) is 0 Å². The summed E-state index contributed by atoms with van der Waals surface area (Å²) in [6.45, 7) is 4.09. The van der Waals surface area contributed by atoms with Crippen LogP contribution in [0.5, 0.6) is 17.2 Å². The van der Waals surface area contributed by atoms with Crippen molar-refractivity contribution < 1.29 is 24.5 Å². The number of phenolic OH excluding ortho intramolecular Hbond substituents is 2. The molecule has 118 valence electrons. The van der Waals surface area contributed by atoms with Crippen molar-refractivity contribution in [3.63, 3.8) is 0 Å². The Labute approximate surface area is 128 Å². The number of aromatic hydroxyl groups is 2. The molecule has 22 heavy (non-hydrogen) atoms. The molecule has 3 aliphatic rings. The quantitative estimate of drug-likeness (QED) is 0.780. The van der Waals surface area contributed by atoms with Gasteiger partial charge < -0.3 is 19.7 Å². The number of carbonyl (C=O) groups is 1. The average molecular weight is 304 g/mol. The maximum Gasteiger partial charge on any atom is 0.214 e. The standard InChI is InChI=1S/C17H20O5/c1-16(2)7-11-9-4-3-5-17(11,22-16)21-15-10(8-18)12(19)6-13(20)14(9)15/h6,8-9,11,19-20H,3-5,7H2,1-2H3. The number of fused-ring (bicyclic) bond motifs is 2. The highest BCUT2D eigenvalue weighted by Gasteiger charge is 2.62. The monoisotopic (exact) mass is 304 g/mol. The van der Waals surface area contributed by atoms with E-state index < -0.39 is 5.79 Å². The molecule has 2 fully saturated rings. The van der Waals surface area contributed by atoms with Crippen molar-refractivity contribution in [1.82, 2.24) is 0 Å². The second-order valence-electron chi connectivity index (χ2n) is 7.27. The highest BCUT2D eigenvalue weighted by molar-refractivity contribution is 5.86. The molecule has 3 atom stereocenters. The molecule has 1 aromatic carbocycles. The van der Waals surface area contributed by atoms with Crippen molar-refractivity contribution in [3.05, 3.63) is 17.2 Å². The Kier molecular flexibility index (Phi) is 2.63. The molecule has 2 heterocycles. The zero-order valence-corrected chi connectivity index (χ0v) is 12.8. The van der Waals surface area contributed by atoms with E-state index in [0.29, 0.717) is 17.6 Å². The summed E-state index contributed by atoms with van der Waals surface area (Å²) >= 11 is 0. The second kappa shape index (κ2) is 4.16. The molecule has 1 saturated carbocycles. The van der Waals surface area contributed by atoms with E-state index in [-0.39, 0.29) is 34.5 Å². The summed E-state index contributed by atoms with van der Waals surface area (Å²) in [7, 11) is 0. The number of phenols is 2. The van der Waals surface area contributed by atoms with E-state index in [0.717, 1.165) is 25.7 Å². The topological polar surface area (TPSA) is 76.0 Å². The molecule has 0 amide bonds. The summed E-state index contributed by atoms with van der Waals surface area (Å²) in [5.41, 5.74) is 0.459. The van der Waals surface area contributed by atoms with Gasteiger partial charge in [0.15, 0.2) is 6.29 Å². The molecule has 1 aliphatic carbocycles. The summed E-state index contributed by atoms with van der Waals surface area (Å²) in [6, 6.07) is 1.24. The van der Waals surface area contributed by atoms with Gasteiger partial charge >= 0.3 is 0 Å². The lowest BCUT2D eigenvalue weighted by molar-refractivity contribution is -0.234. The Bertz CT molecular complexity index is 666. The van der Waals surface area contributed by atoms with Crippen molar-refractivity contribution >= 4 is 6.29 Å². The zero-order chi connectivity index (χ0) is 15.7. The van der Waals surface area contributed by atoms with E-state index in [4.69, 9.17) is 9.47 Å². The lowest BCUT2D eigenvalue weighted by atomic mass is 9.68. The molecule has 1 aromatic rings. The first kappa shape index (κ1) is 13.9. The summed E-state index contributed by atoms with van der Waals surface area (Å²) in [5.74, 6) is -0.430. The smallest absolute Gasteiger partial charge is 0.214 e. The Balaban J connectivity index is 1.95. The van der Waals surface area contributed by atoms with E-state index in [1.54, 1.807) is 0 Å². The minimum Gasteiger partial charge on any atom is -0.507 e. The minimum atomic E-state index is -0.739. The third-order valence-electron chi connectivity index (χ3n) is 5.33. The Morgan fingerprint density at radius 1 is 1.32 bits per heavy atom. The molecule has 5 heteroatoms. The molecule has 4 rings (SSSR count). The Morgan fingerprint density at radius 2 is 2.09 bits per heavy atom. The zero-order valence-electron chi connectivity index (χ0n) is 12.8. The van der Waals surface area contributed by atoms with Crippen molar-refractivity contribution in [2.45, 2.75) is 56.8 Å². The molecule has 2 bridgehead atoms. The van der Waals surface area contributed by atoms with Crippen LogP contribution in [-0.2, 0) is 4.74 Å². The fraction of sp³-hybridized carbons (Fsp3) is 0.588. The van der Waals surface area contributed by atoms with Gasteiger partial charge in [-0.1, -0.05) is 0 Å².